The van der Waals surface area contributed by atoms with Gasteiger partial charge < -0.3 is 19.0 Å². The number of nitrogens with zero attached hydrogens (tertiary/aromatic N) is 2. The van der Waals surface area contributed by atoms with Crippen molar-refractivity contribution in [3.8, 4) is 16.9 Å². The number of hydrogen-bond acceptors (Lipinski definition) is 4. The summed E-state index contributed by atoms with van der Waals surface area (Å²) in [5, 5.41) is 0. The van der Waals surface area contributed by atoms with E-state index in [1.807, 2.05) is 29.2 Å². The van der Waals surface area contributed by atoms with Gasteiger partial charge in [0.25, 0.3) is 5.91 Å². The Bertz CT molecular complexity index is 1230. The minimum atomic E-state index is 0.0144. The van der Waals surface area contributed by atoms with Gasteiger partial charge in [0.1, 0.15) is 17.7 Å². The Labute approximate surface area is 173 Å². The Kier molecular flexibility index (Phi) is 3.75. The summed E-state index contributed by atoms with van der Waals surface area (Å²) in [6.07, 6.45) is 7.05. The van der Waals surface area contributed by atoms with E-state index in [1.165, 1.54) is 5.56 Å². The van der Waals surface area contributed by atoms with Gasteiger partial charge in [-0.1, -0.05) is 24.3 Å². The maximum Gasteiger partial charge on any atom is 0.270 e. The minimum absolute atomic E-state index is 0.0144. The molecule has 6 nitrogen and oxygen atoms in total. The summed E-state index contributed by atoms with van der Waals surface area (Å²) in [6.45, 7) is 2.14. The third-order valence-corrected chi connectivity index (χ3v) is 6.53. The van der Waals surface area contributed by atoms with Gasteiger partial charge in [-0.3, -0.25) is 9.78 Å². The monoisotopic (exact) mass is 399 g/mol. The zero-order valence-electron chi connectivity index (χ0n) is 16.4. The average Bonchev–Trinajstić information content (AvgIpc) is 3.48. The first-order valence-corrected chi connectivity index (χ1v) is 10.3. The average molecular weight is 399 g/mol. The highest BCUT2D eigenvalue weighted by molar-refractivity contribution is 6.00. The molecule has 30 heavy (non-hydrogen) atoms. The van der Waals surface area contributed by atoms with Gasteiger partial charge in [-0.05, 0) is 25.0 Å². The fraction of sp³-hybridized carbons (Fsp3) is 0.250. The van der Waals surface area contributed by atoms with Crippen molar-refractivity contribution in [3.63, 3.8) is 0 Å². The maximum atomic E-state index is 13.2. The van der Waals surface area contributed by atoms with Gasteiger partial charge >= 0.3 is 0 Å². The molecule has 0 radical (unpaired) electrons. The number of rotatable bonds is 2. The number of benzene rings is 1. The lowest BCUT2D eigenvalue weighted by Gasteiger charge is -2.38. The number of piperidine rings is 1. The lowest BCUT2D eigenvalue weighted by atomic mass is 9.74. The number of pyridine rings is 1. The molecule has 1 amide bonds. The molecule has 3 aromatic heterocycles. The molecule has 6 rings (SSSR count). The molecule has 1 N–H and O–H groups in total. The molecule has 0 aliphatic carbocycles. The largest absolute Gasteiger partial charge is 0.492 e. The molecule has 150 valence electrons. The normalized spacial score (nSPS) is 17.3. The molecule has 4 aromatic rings. The molecule has 0 atom stereocenters. The van der Waals surface area contributed by atoms with Gasteiger partial charge in [-0.2, -0.15) is 0 Å². The number of fused-ring (bicyclic) bond motifs is 3. The summed E-state index contributed by atoms with van der Waals surface area (Å²) >= 11 is 0. The molecule has 1 spiro atoms. The fourth-order valence-corrected chi connectivity index (χ4v) is 4.81. The number of aromatic amines is 1. The second-order valence-electron chi connectivity index (χ2n) is 8.17. The van der Waals surface area contributed by atoms with Crippen LogP contribution in [0.3, 0.4) is 0 Å². The zero-order valence-corrected chi connectivity index (χ0v) is 16.4. The van der Waals surface area contributed by atoms with E-state index in [9.17, 15) is 4.79 Å². The lowest BCUT2D eigenvalue weighted by molar-refractivity contribution is 0.0641. The molecule has 0 unspecified atom stereocenters. The van der Waals surface area contributed by atoms with E-state index in [0.29, 0.717) is 31.0 Å². The molecule has 0 saturated carbocycles. The Morgan fingerprint density at radius 3 is 2.83 bits per heavy atom. The topological polar surface area (TPSA) is 71.4 Å². The number of nitrogens with one attached hydrogen (secondary N) is 1. The van der Waals surface area contributed by atoms with Crippen LogP contribution in [-0.2, 0) is 5.41 Å². The SMILES string of the molecule is O=C(c1cc2occ(-c3cccnc3)c2[nH]1)N1CCC2(CC1)COc1ccccc12. The Balaban J connectivity index is 1.23. The summed E-state index contributed by atoms with van der Waals surface area (Å²) in [6, 6.07) is 13.9. The van der Waals surface area contributed by atoms with Crippen molar-refractivity contribution in [2.24, 2.45) is 0 Å². The highest BCUT2D eigenvalue weighted by Crippen LogP contribution is 2.45. The zero-order chi connectivity index (χ0) is 20.1. The summed E-state index contributed by atoms with van der Waals surface area (Å²) in [7, 11) is 0. The van der Waals surface area contributed by atoms with Crippen LogP contribution < -0.4 is 4.74 Å². The van der Waals surface area contributed by atoms with Gasteiger partial charge in [-0.15, -0.1) is 0 Å². The Morgan fingerprint density at radius 1 is 1.13 bits per heavy atom. The van der Waals surface area contributed by atoms with Crippen molar-refractivity contribution in [2.45, 2.75) is 18.3 Å². The van der Waals surface area contributed by atoms with Crippen molar-refractivity contribution in [1.29, 1.82) is 0 Å². The van der Waals surface area contributed by atoms with Crippen molar-refractivity contribution in [3.05, 3.63) is 72.4 Å². The van der Waals surface area contributed by atoms with Crippen molar-refractivity contribution in [2.75, 3.05) is 19.7 Å². The van der Waals surface area contributed by atoms with Crippen molar-refractivity contribution >= 4 is 17.0 Å². The second-order valence-corrected chi connectivity index (χ2v) is 8.17. The number of hydrogen-bond donors (Lipinski definition) is 1. The van der Waals surface area contributed by atoms with Crippen LogP contribution in [0, 0.1) is 0 Å². The predicted molar refractivity (Wildman–Crippen MR) is 113 cm³/mol. The molecule has 5 heterocycles. The molecule has 0 bridgehead atoms. The van der Waals surface area contributed by atoms with Crippen LogP contribution in [0.5, 0.6) is 5.75 Å². The summed E-state index contributed by atoms with van der Waals surface area (Å²) in [5.41, 5.74) is 5.27. The van der Waals surface area contributed by atoms with Crippen LogP contribution in [0.4, 0.5) is 0 Å². The Morgan fingerprint density at radius 2 is 2.00 bits per heavy atom. The maximum absolute atomic E-state index is 13.2. The smallest absolute Gasteiger partial charge is 0.270 e. The number of H-pyrrole nitrogens is 1. The van der Waals surface area contributed by atoms with E-state index in [2.05, 4.69) is 22.1 Å². The highest BCUT2D eigenvalue weighted by atomic mass is 16.5. The number of carbonyl (C=O) groups excluding carboxylic acids is 1. The van der Waals surface area contributed by atoms with Crippen molar-refractivity contribution < 1.29 is 13.9 Å². The number of para-hydroxylation sites is 1. The third kappa shape index (κ3) is 2.56. The third-order valence-electron chi connectivity index (χ3n) is 6.53. The quantitative estimate of drug-likeness (QED) is 0.543. The van der Waals surface area contributed by atoms with Crippen molar-refractivity contribution in [1.82, 2.24) is 14.9 Å². The van der Waals surface area contributed by atoms with Gasteiger partial charge in [0.2, 0.25) is 0 Å². The van der Waals surface area contributed by atoms with Crippen LogP contribution in [0.2, 0.25) is 0 Å². The van der Waals surface area contributed by atoms with Crippen LogP contribution in [0.1, 0.15) is 28.9 Å². The molecule has 2 aliphatic heterocycles. The molecular formula is C24H21N3O3. The number of furan rings is 1. The minimum Gasteiger partial charge on any atom is -0.492 e. The molecule has 1 fully saturated rings. The van der Waals surface area contributed by atoms with Crippen LogP contribution in [-0.4, -0.2) is 40.5 Å². The number of likely N-dealkylation sites (tertiary alicyclic amines) is 1. The Hall–Kier alpha value is -3.54. The first-order chi connectivity index (χ1) is 14.7. The number of carbonyl (C=O) groups is 1. The van der Waals surface area contributed by atoms with E-state index in [1.54, 1.807) is 24.7 Å². The number of aromatic nitrogens is 2. The summed E-state index contributed by atoms with van der Waals surface area (Å²) in [5.74, 6) is 1.01. The van der Waals surface area contributed by atoms with Crippen LogP contribution in [0.15, 0.2) is 65.5 Å². The summed E-state index contributed by atoms with van der Waals surface area (Å²) in [4.78, 5) is 22.6. The first kappa shape index (κ1) is 17.3. The fourth-order valence-electron chi connectivity index (χ4n) is 4.81. The van der Waals surface area contributed by atoms with Gasteiger partial charge in [-0.25, -0.2) is 0 Å². The van der Waals surface area contributed by atoms with Gasteiger partial charge in [0.15, 0.2) is 5.58 Å². The molecule has 1 aromatic carbocycles. The lowest BCUT2D eigenvalue weighted by Crippen LogP contribution is -2.46. The molecule has 6 heteroatoms. The van der Waals surface area contributed by atoms with E-state index >= 15 is 0 Å². The highest BCUT2D eigenvalue weighted by Gasteiger charge is 2.43. The molecule has 1 saturated heterocycles. The molecule has 2 aliphatic rings. The van der Waals surface area contributed by atoms with E-state index in [4.69, 9.17) is 9.15 Å². The summed E-state index contributed by atoms with van der Waals surface area (Å²) < 4.78 is 11.6. The standard InChI is InChI=1S/C24H21N3O3/c28-23(19-12-21-22(26-19)17(14-29-21)16-4-3-9-25-13-16)27-10-7-24(8-11-27)15-30-20-6-2-1-5-18(20)24/h1-6,9,12-14,26H,7-8,10-11,15H2. The van der Waals surface area contributed by atoms with E-state index in [0.717, 1.165) is 35.2 Å². The number of ether oxygens (including phenoxy) is 1. The first-order valence-electron chi connectivity index (χ1n) is 10.3. The van der Waals surface area contributed by atoms with E-state index < -0.39 is 0 Å². The van der Waals surface area contributed by atoms with Gasteiger partial charge in [0, 0.05) is 53.7 Å². The predicted octanol–water partition coefficient (Wildman–Crippen LogP) is 4.39. The van der Waals surface area contributed by atoms with E-state index in [-0.39, 0.29) is 11.3 Å². The second kappa shape index (κ2) is 6.49. The van der Waals surface area contributed by atoms with Crippen LogP contribution in [0.25, 0.3) is 22.2 Å². The van der Waals surface area contributed by atoms with Crippen LogP contribution >= 0.6 is 0 Å². The molecular weight excluding hydrogens is 378 g/mol. The number of amides is 1. The van der Waals surface area contributed by atoms with Gasteiger partial charge in [0.05, 0.1) is 12.1 Å².